The number of piperidine rings is 1. The summed E-state index contributed by atoms with van der Waals surface area (Å²) in [6, 6.07) is 7.94. The third-order valence-electron chi connectivity index (χ3n) is 4.59. The second-order valence-electron chi connectivity index (χ2n) is 6.20. The van der Waals surface area contributed by atoms with Gasteiger partial charge in [0, 0.05) is 26.1 Å². The number of nitrogens with zero attached hydrogens (tertiary/aromatic N) is 3. The van der Waals surface area contributed by atoms with E-state index in [0.29, 0.717) is 25.9 Å². The van der Waals surface area contributed by atoms with E-state index in [-0.39, 0.29) is 23.0 Å². The highest BCUT2D eigenvalue weighted by Gasteiger charge is 2.29. The Morgan fingerprint density at radius 2 is 1.96 bits per heavy atom. The Morgan fingerprint density at radius 1 is 1.29 bits per heavy atom. The van der Waals surface area contributed by atoms with Crippen LogP contribution >= 0.6 is 11.8 Å². The maximum absolute atomic E-state index is 12.7. The number of aromatic nitrogens is 2. The van der Waals surface area contributed by atoms with Crippen molar-refractivity contribution in [3.8, 4) is 0 Å². The molecule has 6 nitrogen and oxygen atoms in total. The van der Waals surface area contributed by atoms with Gasteiger partial charge in [0.25, 0.3) is 0 Å². The second kappa shape index (κ2) is 6.84. The lowest BCUT2D eigenvalue weighted by atomic mass is 9.96. The largest absolute Gasteiger partial charge is 0.369 e. The molecular weight excluding hydrogens is 324 g/mol. The third kappa shape index (κ3) is 3.26. The number of hydrogen-bond acceptors (Lipinski definition) is 4. The molecule has 1 aromatic heterocycles. The smallest absolute Gasteiger partial charge is 0.235 e. The zero-order valence-corrected chi connectivity index (χ0v) is 14.8. The number of benzene rings is 1. The van der Waals surface area contributed by atoms with Crippen molar-refractivity contribution in [1.29, 1.82) is 0 Å². The maximum atomic E-state index is 12.7. The number of rotatable bonds is 4. The zero-order valence-electron chi connectivity index (χ0n) is 13.9. The summed E-state index contributed by atoms with van der Waals surface area (Å²) in [7, 11) is 1.97. The Morgan fingerprint density at radius 3 is 2.58 bits per heavy atom. The van der Waals surface area contributed by atoms with Gasteiger partial charge < -0.3 is 15.2 Å². The van der Waals surface area contributed by atoms with Crippen LogP contribution in [0.4, 0.5) is 0 Å². The first kappa shape index (κ1) is 16.8. The lowest BCUT2D eigenvalue weighted by Gasteiger charge is -2.32. The summed E-state index contributed by atoms with van der Waals surface area (Å²) < 4.78 is 2.02. The van der Waals surface area contributed by atoms with Crippen LogP contribution in [0.2, 0.25) is 0 Å². The molecule has 1 unspecified atom stereocenters. The van der Waals surface area contributed by atoms with Crippen molar-refractivity contribution in [2.45, 2.75) is 30.2 Å². The van der Waals surface area contributed by atoms with Crippen molar-refractivity contribution in [3.05, 3.63) is 24.3 Å². The fourth-order valence-corrected chi connectivity index (χ4v) is 4.05. The van der Waals surface area contributed by atoms with E-state index in [4.69, 9.17) is 5.73 Å². The third-order valence-corrected chi connectivity index (χ3v) is 5.72. The molecule has 2 amide bonds. The second-order valence-corrected chi connectivity index (χ2v) is 7.51. The molecule has 1 saturated heterocycles. The number of carbonyl (C=O) groups excluding carboxylic acids is 2. The van der Waals surface area contributed by atoms with E-state index in [9.17, 15) is 9.59 Å². The lowest BCUT2D eigenvalue weighted by Crippen LogP contribution is -2.44. The van der Waals surface area contributed by atoms with Crippen molar-refractivity contribution in [3.63, 3.8) is 0 Å². The van der Waals surface area contributed by atoms with E-state index in [1.165, 1.54) is 11.8 Å². The van der Waals surface area contributed by atoms with Gasteiger partial charge in [0.1, 0.15) is 0 Å². The van der Waals surface area contributed by atoms with E-state index in [1.54, 1.807) is 0 Å². The Bertz CT molecular complexity index is 765. The summed E-state index contributed by atoms with van der Waals surface area (Å²) >= 11 is 1.47. The van der Waals surface area contributed by atoms with Crippen molar-refractivity contribution >= 4 is 34.6 Å². The van der Waals surface area contributed by atoms with Gasteiger partial charge in [0.15, 0.2) is 5.16 Å². The minimum atomic E-state index is -0.260. The van der Waals surface area contributed by atoms with Gasteiger partial charge in [0.05, 0.1) is 16.3 Å². The summed E-state index contributed by atoms with van der Waals surface area (Å²) in [5.41, 5.74) is 7.34. The molecule has 0 radical (unpaired) electrons. The molecule has 2 N–H and O–H groups in total. The van der Waals surface area contributed by atoms with Gasteiger partial charge in [-0.25, -0.2) is 4.98 Å². The Labute approximate surface area is 145 Å². The van der Waals surface area contributed by atoms with Gasteiger partial charge >= 0.3 is 0 Å². The number of likely N-dealkylation sites (tertiary alicyclic amines) is 1. The highest BCUT2D eigenvalue weighted by molar-refractivity contribution is 8.00. The molecule has 0 spiro atoms. The molecule has 0 saturated carbocycles. The van der Waals surface area contributed by atoms with Gasteiger partial charge in [-0.05, 0) is 31.9 Å². The molecule has 128 valence electrons. The van der Waals surface area contributed by atoms with Crippen molar-refractivity contribution in [1.82, 2.24) is 14.5 Å². The monoisotopic (exact) mass is 346 g/mol. The van der Waals surface area contributed by atoms with E-state index in [0.717, 1.165) is 16.2 Å². The quantitative estimate of drug-likeness (QED) is 0.856. The topological polar surface area (TPSA) is 81.2 Å². The molecule has 1 aromatic carbocycles. The predicted octanol–water partition coefficient (Wildman–Crippen LogP) is 1.78. The average molecular weight is 346 g/mol. The average Bonchev–Trinajstić information content (AvgIpc) is 2.90. The molecule has 1 aliphatic rings. The van der Waals surface area contributed by atoms with Crippen LogP contribution in [-0.4, -0.2) is 44.6 Å². The van der Waals surface area contributed by atoms with Crippen molar-refractivity contribution in [2.75, 3.05) is 13.1 Å². The number of amides is 2. The predicted molar refractivity (Wildman–Crippen MR) is 94.5 cm³/mol. The standard InChI is InChI=1S/C17H22N4O2S/c1-11(16(23)21-9-7-12(8-10-21)15(18)22)24-17-19-13-5-3-4-6-14(13)20(17)2/h3-6,11-12H,7-10H2,1-2H3,(H2,18,22). The molecule has 0 aliphatic carbocycles. The zero-order chi connectivity index (χ0) is 17.3. The molecule has 3 rings (SSSR count). The molecule has 0 bridgehead atoms. The summed E-state index contributed by atoms with van der Waals surface area (Å²) in [6.45, 7) is 3.10. The van der Waals surface area contributed by atoms with Gasteiger partial charge in [-0.2, -0.15) is 0 Å². The van der Waals surface area contributed by atoms with Crippen molar-refractivity contribution in [2.24, 2.45) is 18.7 Å². The first-order valence-corrected chi connectivity index (χ1v) is 9.01. The van der Waals surface area contributed by atoms with Crippen LogP contribution in [0, 0.1) is 5.92 Å². The van der Waals surface area contributed by atoms with Gasteiger partial charge in [-0.3, -0.25) is 9.59 Å². The molecular formula is C17H22N4O2S. The molecule has 2 heterocycles. The summed E-state index contributed by atoms with van der Waals surface area (Å²) in [5.74, 6) is -0.268. The summed E-state index contributed by atoms with van der Waals surface area (Å²) in [4.78, 5) is 30.3. The van der Waals surface area contributed by atoms with E-state index in [1.807, 2.05) is 47.7 Å². The number of thioether (sulfide) groups is 1. The fourth-order valence-electron chi connectivity index (χ4n) is 3.08. The number of nitrogens with two attached hydrogens (primary N) is 1. The number of aryl methyl sites for hydroxylation is 1. The van der Waals surface area contributed by atoms with Crippen LogP contribution < -0.4 is 5.73 Å². The number of imidazole rings is 1. The minimum absolute atomic E-state index is 0.0926. The normalized spacial score (nSPS) is 17.2. The molecule has 1 fully saturated rings. The van der Waals surface area contributed by atoms with Crippen molar-refractivity contribution < 1.29 is 9.59 Å². The molecule has 7 heteroatoms. The van der Waals surface area contributed by atoms with Crippen LogP contribution in [0.3, 0.4) is 0 Å². The minimum Gasteiger partial charge on any atom is -0.369 e. The van der Waals surface area contributed by atoms with Crippen LogP contribution in [0.25, 0.3) is 11.0 Å². The molecule has 2 aromatic rings. The number of fused-ring (bicyclic) bond motifs is 1. The fraction of sp³-hybridized carbons (Fsp3) is 0.471. The van der Waals surface area contributed by atoms with E-state index >= 15 is 0 Å². The molecule has 1 atom stereocenters. The highest BCUT2D eigenvalue weighted by atomic mass is 32.2. The number of carbonyl (C=O) groups is 2. The summed E-state index contributed by atoms with van der Waals surface area (Å²) in [6.07, 6.45) is 1.31. The summed E-state index contributed by atoms with van der Waals surface area (Å²) in [5, 5.41) is 0.620. The molecule has 1 aliphatic heterocycles. The van der Waals surface area contributed by atoms with Crippen LogP contribution in [0.5, 0.6) is 0 Å². The number of hydrogen-bond donors (Lipinski definition) is 1. The van der Waals surface area contributed by atoms with Crippen LogP contribution in [-0.2, 0) is 16.6 Å². The van der Waals surface area contributed by atoms with E-state index < -0.39 is 0 Å². The highest BCUT2D eigenvalue weighted by Crippen LogP contribution is 2.28. The Hall–Kier alpha value is -2.02. The lowest BCUT2D eigenvalue weighted by molar-refractivity contribution is -0.134. The first-order chi connectivity index (χ1) is 11.5. The number of para-hydroxylation sites is 2. The number of primary amides is 1. The van der Waals surface area contributed by atoms with Gasteiger partial charge in [-0.1, -0.05) is 23.9 Å². The molecule has 24 heavy (non-hydrogen) atoms. The van der Waals surface area contributed by atoms with Crippen LogP contribution in [0.1, 0.15) is 19.8 Å². The van der Waals surface area contributed by atoms with E-state index in [2.05, 4.69) is 4.98 Å². The Balaban J connectivity index is 1.66. The van der Waals surface area contributed by atoms with Crippen LogP contribution in [0.15, 0.2) is 29.4 Å². The first-order valence-electron chi connectivity index (χ1n) is 8.13. The van der Waals surface area contributed by atoms with Gasteiger partial charge in [0.2, 0.25) is 11.8 Å². The van der Waals surface area contributed by atoms with Gasteiger partial charge in [-0.15, -0.1) is 0 Å². The Kier molecular flexibility index (Phi) is 4.80. The maximum Gasteiger partial charge on any atom is 0.235 e. The SMILES string of the molecule is CC(Sc1nc2ccccc2n1C)C(=O)N1CCC(C(N)=O)CC1.